The highest BCUT2D eigenvalue weighted by Gasteiger charge is 2.32. The zero-order valence-corrected chi connectivity index (χ0v) is 13.1. The first-order chi connectivity index (χ1) is 10.4. The van der Waals surface area contributed by atoms with Gasteiger partial charge in [-0.1, -0.05) is 24.8 Å². The number of nitrogens with two attached hydrogens (primary N) is 1. The molecule has 2 nitrogen and oxygen atoms in total. The lowest BCUT2D eigenvalue weighted by atomic mass is 10.1. The molecule has 2 aromatic rings. The van der Waals surface area contributed by atoms with Crippen molar-refractivity contribution in [1.82, 2.24) is 0 Å². The summed E-state index contributed by atoms with van der Waals surface area (Å²) < 4.78 is 14.2. The molecule has 3 rings (SSSR count). The number of alkyl halides is 1. The fraction of sp³-hybridized carbons (Fsp3) is 0.263. The number of rotatable bonds is 3. The normalized spacial score (nSPS) is 19.8. The van der Waals surface area contributed by atoms with E-state index < -0.39 is 5.67 Å². The van der Waals surface area contributed by atoms with Crippen LogP contribution in [0.3, 0.4) is 0 Å². The Morgan fingerprint density at radius 3 is 2.64 bits per heavy atom. The van der Waals surface area contributed by atoms with Crippen LogP contribution in [0, 0.1) is 0 Å². The van der Waals surface area contributed by atoms with Crippen molar-refractivity contribution in [3.63, 3.8) is 0 Å². The summed E-state index contributed by atoms with van der Waals surface area (Å²) in [5, 5.41) is 0. The molecule has 1 unspecified atom stereocenters. The number of benzene rings is 2. The van der Waals surface area contributed by atoms with Gasteiger partial charge in [-0.3, -0.25) is 0 Å². The number of fused-ring (bicyclic) bond motifs is 1. The Morgan fingerprint density at radius 1 is 1.18 bits per heavy atom. The van der Waals surface area contributed by atoms with Gasteiger partial charge in [-0.05, 0) is 47.9 Å². The van der Waals surface area contributed by atoms with Crippen LogP contribution in [0.1, 0.15) is 23.6 Å². The molecule has 0 bridgehead atoms. The van der Waals surface area contributed by atoms with Crippen molar-refractivity contribution in [2.75, 3.05) is 17.7 Å². The third-order valence-corrected chi connectivity index (χ3v) is 4.32. The quantitative estimate of drug-likeness (QED) is 0.860. The van der Waals surface area contributed by atoms with Gasteiger partial charge in [-0.25, -0.2) is 4.39 Å². The van der Waals surface area contributed by atoms with Crippen LogP contribution < -0.4 is 10.6 Å². The van der Waals surface area contributed by atoms with Gasteiger partial charge < -0.3 is 10.6 Å². The zero-order chi connectivity index (χ0) is 15.9. The summed E-state index contributed by atoms with van der Waals surface area (Å²) in [7, 11) is 1.97. The fourth-order valence-electron chi connectivity index (χ4n) is 3.08. The average Bonchev–Trinajstić information content (AvgIpc) is 2.78. The molecule has 3 heteroatoms. The van der Waals surface area contributed by atoms with E-state index in [9.17, 15) is 4.39 Å². The zero-order valence-electron chi connectivity index (χ0n) is 13.1. The van der Waals surface area contributed by atoms with E-state index in [1.165, 1.54) is 0 Å². The predicted molar refractivity (Wildman–Crippen MR) is 91.7 cm³/mol. The molecule has 0 amide bonds. The Kier molecular flexibility index (Phi) is 3.44. The highest BCUT2D eigenvalue weighted by atomic mass is 19.1. The van der Waals surface area contributed by atoms with E-state index in [1.807, 2.05) is 48.3 Å². The van der Waals surface area contributed by atoms with E-state index in [0.717, 1.165) is 28.1 Å². The minimum absolute atomic E-state index is 0.481. The molecule has 0 heterocycles. The van der Waals surface area contributed by atoms with Crippen LogP contribution in [0.2, 0.25) is 0 Å². The van der Waals surface area contributed by atoms with Crippen LogP contribution in [-0.4, -0.2) is 12.7 Å². The second-order valence-corrected chi connectivity index (χ2v) is 6.35. The molecular weight excluding hydrogens is 275 g/mol. The van der Waals surface area contributed by atoms with Gasteiger partial charge in [0.05, 0.1) is 0 Å². The maximum atomic E-state index is 14.2. The standard InChI is InChI=1S/C19H21FN2/c1-13(14-5-4-6-17(21)9-14)22(3)18-8-7-15-11-19(2,20)12-16(15)10-18/h4-10H,1,11-12,21H2,2-3H3. The van der Waals surface area contributed by atoms with Gasteiger partial charge in [0, 0.05) is 37.0 Å². The Balaban J connectivity index is 1.87. The van der Waals surface area contributed by atoms with E-state index >= 15 is 0 Å². The summed E-state index contributed by atoms with van der Waals surface area (Å²) in [6.07, 6.45) is 0.983. The molecular formula is C19H21FN2. The number of nitrogens with zero attached hydrogens (tertiary/aromatic N) is 1. The summed E-state index contributed by atoms with van der Waals surface area (Å²) in [5.41, 5.74) is 10.5. The number of halogens is 1. The van der Waals surface area contributed by atoms with Gasteiger partial charge in [-0.15, -0.1) is 0 Å². The van der Waals surface area contributed by atoms with Crippen LogP contribution >= 0.6 is 0 Å². The SMILES string of the molecule is C=C(c1cccc(N)c1)N(C)c1ccc2c(c1)CC(C)(F)C2. The average molecular weight is 296 g/mol. The molecule has 0 aromatic heterocycles. The first-order valence-corrected chi connectivity index (χ1v) is 7.45. The van der Waals surface area contributed by atoms with Crippen LogP contribution in [-0.2, 0) is 12.8 Å². The monoisotopic (exact) mass is 296 g/mol. The second-order valence-electron chi connectivity index (χ2n) is 6.35. The van der Waals surface area contributed by atoms with E-state index in [0.29, 0.717) is 18.5 Å². The van der Waals surface area contributed by atoms with Crippen molar-refractivity contribution in [3.05, 3.63) is 65.7 Å². The van der Waals surface area contributed by atoms with Gasteiger partial charge in [0.2, 0.25) is 0 Å². The molecule has 2 aromatic carbocycles. The topological polar surface area (TPSA) is 29.3 Å². The fourth-order valence-corrected chi connectivity index (χ4v) is 3.08. The molecule has 22 heavy (non-hydrogen) atoms. The molecule has 0 spiro atoms. The smallest absolute Gasteiger partial charge is 0.116 e. The maximum absolute atomic E-state index is 14.2. The number of hydrogen-bond donors (Lipinski definition) is 1. The third kappa shape index (κ3) is 2.71. The van der Waals surface area contributed by atoms with E-state index in [-0.39, 0.29) is 0 Å². The molecule has 1 atom stereocenters. The highest BCUT2D eigenvalue weighted by Crippen LogP contribution is 2.36. The van der Waals surface area contributed by atoms with Crippen molar-refractivity contribution < 1.29 is 4.39 Å². The van der Waals surface area contributed by atoms with Crippen molar-refractivity contribution >= 4 is 17.1 Å². The lowest BCUT2D eigenvalue weighted by Crippen LogP contribution is -2.17. The summed E-state index contributed by atoms with van der Waals surface area (Å²) >= 11 is 0. The Labute approximate surface area is 131 Å². The van der Waals surface area contributed by atoms with Gasteiger partial charge in [-0.2, -0.15) is 0 Å². The van der Waals surface area contributed by atoms with Crippen molar-refractivity contribution in [2.24, 2.45) is 0 Å². The maximum Gasteiger partial charge on any atom is 0.116 e. The molecule has 0 saturated carbocycles. The van der Waals surface area contributed by atoms with Crippen molar-refractivity contribution in [3.8, 4) is 0 Å². The molecule has 1 aliphatic carbocycles. The predicted octanol–water partition coefficient (Wildman–Crippen LogP) is 4.20. The summed E-state index contributed by atoms with van der Waals surface area (Å²) in [6, 6.07) is 13.8. The van der Waals surface area contributed by atoms with Crippen molar-refractivity contribution in [2.45, 2.75) is 25.4 Å². The first-order valence-electron chi connectivity index (χ1n) is 7.45. The van der Waals surface area contributed by atoms with E-state index in [2.05, 4.69) is 12.6 Å². The summed E-state index contributed by atoms with van der Waals surface area (Å²) in [6.45, 7) is 5.83. The van der Waals surface area contributed by atoms with Crippen molar-refractivity contribution in [1.29, 1.82) is 0 Å². The van der Waals surface area contributed by atoms with E-state index in [4.69, 9.17) is 5.73 Å². The Hall–Kier alpha value is -2.29. The van der Waals surface area contributed by atoms with Crippen LogP contribution in [0.25, 0.3) is 5.70 Å². The molecule has 0 aliphatic heterocycles. The molecule has 114 valence electrons. The van der Waals surface area contributed by atoms with E-state index in [1.54, 1.807) is 6.92 Å². The van der Waals surface area contributed by atoms with Crippen LogP contribution in [0.5, 0.6) is 0 Å². The second kappa shape index (κ2) is 5.16. The van der Waals surface area contributed by atoms with Gasteiger partial charge in [0.1, 0.15) is 5.67 Å². The third-order valence-electron chi connectivity index (χ3n) is 4.32. The summed E-state index contributed by atoms with van der Waals surface area (Å²) in [5.74, 6) is 0. The first kappa shape index (κ1) is 14.6. The minimum Gasteiger partial charge on any atom is -0.399 e. The van der Waals surface area contributed by atoms with Gasteiger partial charge >= 0.3 is 0 Å². The lowest BCUT2D eigenvalue weighted by Gasteiger charge is -2.23. The molecule has 0 fully saturated rings. The number of nitrogen functional groups attached to an aromatic ring is 1. The molecule has 0 radical (unpaired) electrons. The van der Waals surface area contributed by atoms with Gasteiger partial charge in [0.15, 0.2) is 0 Å². The molecule has 0 saturated heterocycles. The molecule has 2 N–H and O–H groups in total. The van der Waals surface area contributed by atoms with Crippen LogP contribution in [0.15, 0.2) is 49.0 Å². The van der Waals surface area contributed by atoms with Crippen LogP contribution in [0.4, 0.5) is 15.8 Å². The largest absolute Gasteiger partial charge is 0.399 e. The Morgan fingerprint density at radius 2 is 1.91 bits per heavy atom. The minimum atomic E-state index is -1.12. The van der Waals surface area contributed by atoms with Gasteiger partial charge in [0.25, 0.3) is 0 Å². The number of hydrogen-bond acceptors (Lipinski definition) is 2. The Bertz CT molecular complexity index is 734. The molecule has 1 aliphatic rings. The number of anilines is 2. The lowest BCUT2D eigenvalue weighted by molar-refractivity contribution is 0.205. The summed E-state index contributed by atoms with van der Waals surface area (Å²) in [4.78, 5) is 2.02. The highest BCUT2D eigenvalue weighted by molar-refractivity contribution is 5.79.